The van der Waals surface area contributed by atoms with Gasteiger partial charge in [0.1, 0.15) is 10.0 Å². The summed E-state index contributed by atoms with van der Waals surface area (Å²) < 4.78 is 0. The number of aryl methyl sites for hydroxylation is 2. The van der Waals surface area contributed by atoms with Gasteiger partial charge in [0.15, 0.2) is 0 Å². The van der Waals surface area contributed by atoms with E-state index in [1.54, 1.807) is 11.3 Å². The largest absolute Gasteiger partial charge is 0.378 e. The monoisotopic (exact) mass is 246 g/mol. The second-order valence-corrected chi connectivity index (χ2v) is 5.13. The lowest BCUT2D eigenvalue weighted by Crippen LogP contribution is -1.85. The van der Waals surface area contributed by atoms with Crippen molar-refractivity contribution in [1.82, 2.24) is 4.98 Å². The first-order chi connectivity index (χ1) is 8.24. The molecule has 1 heterocycles. The Morgan fingerprint density at radius 2 is 1.94 bits per heavy atom. The molecule has 0 aliphatic carbocycles. The quantitative estimate of drug-likeness (QED) is 0.878. The van der Waals surface area contributed by atoms with Gasteiger partial charge < -0.3 is 5.32 Å². The van der Waals surface area contributed by atoms with Gasteiger partial charge in [-0.2, -0.15) is 0 Å². The standard InChI is InChI=1S/C14H18N2S/c1-4-5-11-6-8-12(9-7-11)14-16-10(2)13(15-3)17-14/h6-9,15H,4-5H2,1-3H3. The Bertz CT molecular complexity index is 485. The maximum Gasteiger partial charge on any atom is 0.125 e. The summed E-state index contributed by atoms with van der Waals surface area (Å²) in [6, 6.07) is 8.74. The summed E-state index contributed by atoms with van der Waals surface area (Å²) in [7, 11) is 1.94. The van der Waals surface area contributed by atoms with E-state index in [2.05, 4.69) is 41.5 Å². The molecule has 17 heavy (non-hydrogen) atoms. The van der Waals surface area contributed by atoms with Crippen molar-refractivity contribution in [2.75, 3.05) is 12.4 Å². The number of benzene rings is 1. The third-order valence-electron chi connectivity index (χ3n) is 2.76. The average Bonchev–Trinajstić information content (AvgIpc) is 2.72. The predicted molar refractivity (Wildman–Crippen MR) is 75.8 cm³/mol. The first-order valence-corrected chi connectivity index (χ1v) is 6.80. The fraction of sp³-hybridized carbons (Fsp3) is 0.357. The van der Waals surface area contributed by atoms with Crippen LogP contribution < -0.4 is 5.32 Å². The molecule has 0 atom stereocenters. The van der Waals surface area contributed by atoms with Crippen LogP contribution in [0.3, 0.4) is 0 Å². The molecule has 1 aromatic carbocycles. The highest BCUT2D eigenvalue weighted by molar-refractivity contribution is 7.19. The number of rotatable bonds is 4. The Morgan fingerprint density at radius 3 is 2.47 bits per heavy atom. The molecule has 90 valence electrons. The smallest absolute Gasteiger partial charge is 0.125 e. The minimum absolute atomic E-state index is 1.07. The Hall–Kier alpha value is -1.35. The summed E-state index contributed by atoms with van der Waals surface area (Å²) in [4.78, 5) is 4.58. The second-order valence-electron chi connectivity index (χ2n) is 4.13. The van der Waals surface area contributed by atoms with E-state index in [9.17, 15) is 0 Å². The lowest BCUT2D eigenvalue weighted by atomic mass is 10.1. The van der Waals surface area contributed by atoms with Crippen LogP contribution in [-0.4, -0.2) is 12.0 Å². The maximum absolute atomic E-state index is 4.58. The van der Waals surface area contributed by atoms with Gasteiger partial charge in [0.25, 0.3) is 0 Å². The van der Waals surface area contributed by atoms with Gasteiger partial charge in [-0.05, 0) is 18.9 Å². The van der Waals surface area contributed by atoms with Gasteiger partial charge in [0, 0.05) is 12.6 Å². The van der Waals surface area contributed by atoms with E-state index in [0.29, 0.717) is 0 Å². The van der Waals surface area contributed by atoms with Crippen LogP contribution in [0.5, 0.6) is 0 Å². The maximum atomic E-state index is 4.58. The molecule has 0 aliphatic rings. The first-order valence-electron chi connectivity index (χ1n) is 5.99. The Balaban J connectivity index is 2.26. The van der Waals surface area contributed by atoms with Crippen LogP contribution in [0.25, 0.3) is 10.6 Å². The number of hydrogen-bond donors (Lipinski definition) is 1. The summed E-state index contributed by atoms with van der Waals surface area (Å²) in [5.74, 6) is 0. The number of hydrogen-bond acceptors (Lipinski definition) is 3. The molecule has 1 aromatic heterocycles. The number of aromatic nitrogens is 1. The van der Waals surface area contributed by atoms with Crippen molar-refractivity contribution in [1.29, 1.82) is 0 Å². The Labute approximate surface area is 107 Å². The van der Waals surface area contributed by atoms with Gasteiger partial charge in [-0.15, -0.1) is 0 Å². The van der Waals surface area contributed by atoms with Gasteiger partial charge in [-0.25, -0.2) is 4.98 Å². The van der Waals surface area contributed by atoms with E-state index >= 15 is 0 Å². The Kier molecular flexibility index (Phi) is 3.79. The van der Waals surface area contributed by atoms with E-state index in [4.69, 9.17) is 0 Å². The zero-order valence-electron chi connectivity index (χ0n) is 10.6. The molecule has 2 rings (SSSR count). The van der Waals surface area contributed by atoms with Gasteiger partial charge in [-0.1, -0.05) is 48.9 Å². The van der Waals surface area contributed by atoms with E-state index in [1.165, 1.54) is 17.5 Å². The summed E-state index contributed by atoms with van der Waals surface area (Å²) in [6.45, 7) is 4.24. The highest BCUT2D eigenvalue weighted by Crippen LogP contribution is 2.31. The number of thiazole rings is 1. The fourth-order valence-electron chi connectivity index (χ4n) is 1.85. The van der Waals surface area contributed by atoms with Crippen molar-refractivity contribution in [3.05, 3.63) is 35.5 Å². The van der Waals surface area contributed by atoms with Crippen molar-refractivity contribution in [3.63, 3.8) is 0 Å². The number of nitrogens with one attached hydrogen (secondary N) is 1. The molecule has 0 aliphatic heterocycles. The molecular weight excluding hydrogens is 228 g/mol. The van der Waals surface area contributed by atoms with Gasteiger partial charge in [-0.3, -0.25) is 0 Å². The molecule has 0 radical (unpaired) electrons. The lowest BCUT2D eigenvalue weighted by Gasteiger charge is -2.00. The highest BCUT2D eigenvalue weighted by Gasteiger charge is 2.07. The van der Waals surface area contributed by atoms with Crippen LogP contribution >= 0.6 is 11.3 Å². The van der Waals surface area contributed by atoms with E-state index in [1.807, 2.05) is 14.0 Å². The minimum atomic E-state index is 1.07. The molecule has 2 nitrogen and oxygen atoms in total. The SMILES string of the molecule is CCCc1ccc(-c2nc(C)c(NC)s2)cc1. The summed E-state index contributed by atoms with van der Waals surface area (Å²) in [5.41, 5.74) is 3.68. The Morgan fingerprint density at radius 1 is 1.24 bits per heavy atom. The summed E-state index contributed by atoms with van der Waals surface area (Å²) in [6.07, 6.45) is 2.35. The van der Waals surface area contributed by atoms with Crippen molar-refractivity contribution in [2.24, 2.45) is 0 Å². The predicted octanol–water partition coefficient (Wildman–Crippen LogP) is 4.11. The molecule has 2 aromatic rings. The van der Waals surface area contributed by atoms with E-state index < -0.39 is 0 Å². The third kappa shape index (κ3) is 2.67. The lowest BCUT2D eigenvalue weighted by molar-refractivity contribution is 0.922. The summed E-state index contributed by atoms with van der Waals surface area (Å²) >= 11 is 1.71. The molecule has 0 bridgehead atoms. The van der Waals surface area contributed by atoms with Crippen LogP contribution in [0.2, 0.25) is 0 Å². The second kappa shape index (κ2) is 5.32. The van der Waals surface area contributed by atoms with Crippen molar-refractivity contribution in [2.45, 2.75) is 26.7 Å². The summed E-state index contributed by atoms with van der Waals surface area (Å²) in [5, 5.41) is 5.42. The third-order valence-corrected chi connectivity index (χ3v) is 3.99. The van der Waals surface area contributed by atoms with Crippen molar-refractivity contribution in [3.8, 4) is 10.6 Å². The fourth-order valence-corrected chi connectivity index (χ4v) is 2.78. The van der Waals surface area contributed by atoms with Crippen LogP contribution in [0, 0.1) is 6.92 Å². The van der Waals surface area contributed by atoms with E-state index in [0.717, 1.165) is 22.1 Å². The first kappa shape index (κ1) is 12.1. The number of anilines is 1. The molecule has 0 saturated heterocycles. The minimum Gasteiger partial charge on any atom is -0.378 e. The number of nitrogens with zero attached hydrogens (tertiary/aromatic N) is 1. The van der Waals surface area contributed by atoms with E-state index in [-0.39, 0.29) is 0 Å². The van der Waals surface area contributed by atoms with Crippen molar-refractivity contribution >= 4 is 16.3 Å². The topological polar surface area (TPSA) is 24.9 Å². The van der Waals surface area contributed by atoms with Crippen LogP contribution in [-0.2, 0) is 6.42 Å². The normalized spacial score (nSPS) is 10.5. The van der Waals surface area contributed by atoms with Crippen LogP contribution in [0.1, 0.15) is 24.6 Å². The van der Waals surface area contributed by atoms with Crippen LogP contribution in [0.15, 0.2) is 24.3 Å². The van der Waals surface area contributed by atoms with Crippen molar-refractivity contribution < 1.29 is 0 Å². The zero-order valence-corrected chi connectivity index (χ0v) is 11.4. The molecule has 1 N–H and O–H groups in total. The van der Waals surface area contributed by atoms with Gasteiger partial charge >= 0.3 is 0 Å². The van der Waals surface area contributed by atoms with Gasteiger partial charge in [0.05, 0.1) is 5.69 Å². The molecule has 3 heteroatoms. The van der Waals surface area contributed by atoms with Crippen LogP contribution in [0.4, 0.5) is 5.00 Å². The molecule has 0 amide bonds. The molecular formula is C14H18N2S. The van der Waals surface area contributed by atoms with Gasteiger partial charge in [0.2, 0.25) is 0 Å². The molecule has 0 fully saturated rings. The average molecular weight is 246 g/mol. The molecule has 0 unspecified atom stereocenters. The molecule has 0 spiro atoms. The zero-order chi connectivity index (χ0) is 12.3. The highest BCUT2D eigenvalue weighted by atomic mass is 32.1. The molecule has 0 saturated carbocycles.